The highest BCUT2D eigenvalue weighted by Gasteiger charge is 2.11. The summed E-state index contributed by atoms with van der Waals surface area (Å²) in [6.45, 7) is 0.483. The van der Waals surface area contributed by atoms with E-state index in [0.717, 1.165) is 5.56 Å². The van der Waals surface area contributed by atoms with Gasteiger partial charge in [-0.25, -0.2) is 4.79 Å². The molecule has 0 fully saturated rings. The Labute approximate surface area is 167 Å². The largest absolute Gasteiger partial charge is 0.423 e. The molecule has 142 valence electrons. The zero-order valence-corrected chi connectivity index (χ0v) is 15.9. The standard InChI is InChI=1S/C22H18ClNO4/c1-27-14-15-6-8-16(9-7-15)22(26)28-18-12-10-17(11-13-18)24-21(25)19-4-2-3-5-20(19)23/h2-13H,14H2,1H3,(H,24,25). The van der Waals surface area contributed by atoms with E-state index < -0.39 is 5.97 Å². The number of carbonyl (C=O) groups excluding carboxylic acids is 2. The quantitative estimate of drug-likeness (QED) is 0.473. The van der Waals surface area contributed by atoms with Crippen molar-refractivity contribution in [3.05, 3.63) is 94.5 Å². The van der Waals surface area contributed by atoms with Gasteiger partial charge in [-0.15, -0.1) is 0 Å². The smallest absolute Gasteiger partial charge is 0.343 e. The van der Waals surface area contributed by atoms with Gasteiger partial charge in [-0.05, 0) is 54.1 Å². The number of anilines is 1. The van der Waals surface area contributed by atoms with Crippen molar-refractivity contribution in [3.63, 3.8) is 0 Å². The second-order valence-electron chi connectivity index (χ2n) is 5.98. The van der Waals surface area contributed by atoms with Gasteiger partial charge in [-0.3, -0.25) is 4.79 Å². The molecular formula is C22H18ClNO4. The van der Waals surface area contributed by atoms with Crippen LogP contribution in [0.2, 0.25) is 5.02 Å². The molecule has 28 heavy (non-hydrogen) atoms. The lowest BCUT2D eigenvalue weighted by molar-refractivity contribution is 0.0734. The first kappa shape index (κ1) is 19.6. The van der Waals surface area contributed by atoms with Crippen molar-refractivity contribution in [3.8, 4) is 5.75 Å². The fourth-order valence-corrected chi connectivity index (χ4v) is 2.74. The van der Waals surface area contributed by atoms with E-state index >= 15 is 0 Å². The Kier molecular flexibility index (Phi) is 6.42. The van der Waals surface area contributed by atoms with E-state index in [-0.39, 0.29) is 5.91 Å². The summed E-state index contributed by atoms with van der Waals surface area (Å²) in [6.07, 6.45) is 0. The number of ether oxygens (including phenoxy) is 2. The number of carbonyl (C=O) groups is 2. The van der Waals surface area contributed by atoms with Crippen molar-refractivity contribution < 1.29 is 19.1 Å². The molecule has 0 aromatic heterocycles. The normalized spacial score (nSPS) is 10.4. The van der Waals surface area contributed by atoms with E-state index in [2.05, 4.69) is 5.32 Å². The molecule has 0 atom stereocenters. The van der Waals surface area contributed by atoms with Gasteiger partial charge in [0.1, 0.15) is 5.75 Å². The van der Waals surface area contributed by atoms with Gasteiger partial charge in [0.15, 0.2) is 0 Å². The molecule has 0 spiro atoms. The van der Waals surface area contributed by atoms with Crippen molar-refractivity contribution in [2.24, 2.45) is 0 Å². The summed E-state index contributed by atoms with van der Waals surface area (Å²) in [5.41, 5.74) is 2.36. The average molecular weight is 396 g/mol. The highest BCUT2D eigenvalue weighted by atomic mass is 35.5. The fraction of sp³-hybridized carbons (Fsp3) is 0.0909. The number of halogens is 1. The molecule has 0 aliphatic heterocycles. The highest BCUT2D eigenvalue weighted by molar-refractivity contribution is 6.34. The predicted molar refractivity (Wildman–Crippen MR) is 108 cm³/mol. The zero-order chi connectivity index (χ0) is 19.9. The topological polar surface area (TPSA) is 64.6 Å². The Morgan fingerprint density at radius 3 is 2.25 bits per heavy atom. The minimum absolute atomic E-state index is 0.313. The van der Waals surface area contributed by atoms with Gasteiger partial charge in [0.25, 0.3) is 5.91 Å². The molecule has 0 aliphatic rings. The van der Waals surface area contributed by atoms with Gasteiger partial charge < -0.3 is 14.8 Å². The van der Waals surface area contributed by atoms with Crippen LogP contribution in [0.3, 0.4) is 0 Å². The third-order valence-corrected chi connectivity index (χ3v) is 4.27. The fourth-order valence-electron chi connectivity index (χ4n) is 2.52. The molecule has 3 rings (SSSR count). The highest BCUT2D eigenvalue weighted by Crippen LogP contribution is 2.20. The second-order valence-corrected chi connectivity index (χ2v) is 6.39. The first-order valence-corrected chi connectivity index (χ1v) is 8.90. The molecule has 6 heteroatoms. The van der Waals surface area contributed by atoms with E-state index in [1.165, 1.54) is 0 Å². The molecule has 5 nitrogen and oxygen atoms in total. The molecular weight excluding hydrogens is 378 g/mol. The molecule has 0 heterocycles. The van der Waals surface area contributed by atoms with Crippen LogP contribution in [-0.2, 0) is 11.3 Å². The summed E-state index contributed by atoms with van der Waals surface area (Å²) in [4.78, 5) is 24.5. The molecule has 0 bridgehead atoms. The van der Waals surface area contributed by atoms with Crippen LogP contribution < -0.4 is 10.1 Å². The summed E-state index contributed by atoms with van der Waals surface area (Å²) >= 11 is 6.03. The van der Waals surface area contributed by atoms with Crippen LogP contribution in [0.1, 0.15) is 26.3 Å². The Hall–Kier alpha value is -3.15. The SMILES string of the molecule is COCc1ccc(C(=O)Oc2ccc(NC(=O)c3ccccc3Cl)cc2)cc1. The van der Waals surface area contributed by atoms with Gasteiger partial charge in [0.2, 0.25) is 0 Å². The Bertz CT molecular complexity index is 969. The molecule has 0 saturated carbocycles. The number of benzene rings is 3. The van der Waals surface area contributed by atoms with Crippen molar-refractivity contribution in [1.29, 1.82) is 0 Å². The number of hydrogen-bond acceptors (Lipinski definition) is 4. The first-order chi connectivity index (χ1) is 13.6. The lowest BCUT2D eigenvalue weighted by Crippen LogP contribution is -2.12. The molecule has 3 aromatic carbocycles. The van der Waals surface area contributed by atoms with E-state index in [9.17, 15) is 9.59 Å². The molecule has 0 aliphatic carbocycles. The zero-order valence-electron chi connectivity index (χ0n) is 15.1. The third kappa shape index (κ3) is 4.97. The Balaban J connectivity index is 1.61. The van der Waals surface area contributed by atoms with Crippen LogP contribution in [0.4, 0.5) is 5.69 Å². The Morgan fingerprint density at radius 2 is 1.61 bits per heavy atom. The van der Waals surface area contributed by atoms with Crippen molar-refractivity contribution in [1.82, 2.24) is 0 Å². The summed E-state index contributed by atoms with van der Waals surface area (Å²) in [5.74, 6) is -0.398. The van der Waals surface area contributed by atoms with E-state index in [0.29, 0.717) is 34.2 Å². The van der Waals surface area contributed by atoms with Crippen LogP contribution in [-0.4, -0.2) is 19.0 Å². The first-order valence-electron chi connectivity index (χ1n) is 8.53. The van der Waals surface area contributed by atoms with E-state index in [1.54, 1.807) is 67.8 Å². The molecule has 0 unspecified atom stereocenters. The second kappa shape index (κ2) is 9.17. The van der Waals surface area contributed by atoms with Crippen LogP contribution in [0.25, 0.3) is 0 Å². The predicted octanol–water partition coefficient (Wildman–Crippen LogP) is 4.96. The van der Waals surface area contributed by atoms with Gasteiger partial charge in [0.05, 0.1) is 22.8 Å². The minimum atomic E-state index is -0.461. The number of methoxy groups -OCH3 is 1. The van der Waals surface area contributed by atoms with Crippen LogP contribution >= 0.6 is 11.6 Å². The van der Waals surface area contributed by atoms with E-state index in [4.69, 9.17) is 21.1 Å². The minimum Gasteiger partial charge on any atom is -0.423 e. The maximum atomic E-state index is 12.3. The third-order valence-electron chi connectivity index (χ3n) is 3.94. The summed E-state index contributed by atoms with van der Waals surface area (Å²) in [5, 5.41) is 3.13. The molecule has 1 amide bonds. The van der Waals surface area contributed by atoms with Crippen LogP contribution in [0.15, 0.2) is 72.8 Å². The van der Waals surface area contributed by atoms with Crippen LogP contribution in [0.5, 0.6) is 5.75 Å². The maximum Gasteiger partial charge on any atom is 0.343 e. The van der Waals surface area contributed by atoms with E-state index in [1.807, 2.05) is 12.1 Å². The lowest BCUT2D eigenvalue weighted by atomic mass is 10.1. The monoisotopic (exact) mass is 395 g/mol. The van der Waals surface area contributed by atoms with Crippen molar-refractivity contribution in [2.45, 2.75) is 6.61 Å². The molecule has 3 aromatic rings. The van der Waals surface area contributed by atoms with Gasteiger partial charge in [0, 0.05) is 12.8 Å². The number of rotatable bonds is 6. The number of esters is 1. The average Bonchev–Trinajstić information content (AvgIpc) is 2.70. The van der Waals surface area contributed by atoms with Gasteiger partial charge in [-0.1, -0.05) is 35.9 Å². The number of nitrogens with one attached hydrogen (secondary N) is 1. The van der Waals surface area contributed by atoms with Gasteiger partial charge >= 0.3 is 5.97 Å². The molecule has 0 radical (unpaired) electrons. The van der Waals surface area contributed by atoms with Gasteiger partial charge in [-0.2, -0.15) is 0 Å². The number of amides is 1. The maximum absolute atomic E-state index is 12.3. The summed E-state index contributed by atoms with van der Waals surface area (Å²) in [7, 11) is 1.61. The van der Waals surface area contributed by atoms with Crippen molar-refractivity contribution >= 4 is 29.2 Å². The number of hydrogen-bond donors (Lipinski definition) is 1. The molecule has 0 saturated heterocycles. The summed E-state index contributed by atoms with van der Waals surface area (Å²) < 4.78 is 10.4. The van der Waals surface area contributed by atoms with Crippen LogP contribution in [0, 0.1) is 0 Å². The molecule has 1 N–H and O–H groups in total. The Morgan fingerprint density at radius 1 is 0.929 bits per heavy atom. The summed E-state index contributed by atoms with van der Waals surface area (Å²) in [6, 6.07) is 20.3. The van der Waals surface area contributed by atoms with Crippen molar-refractivity contribution in [2.75, 3.05) is 12.4 Å². The lowest BCUT2D eigenvalue weighted by Gasteiger charge is -2.08.